The second kappa shape index (κ2) is 8.64. The van der Waals surface area contributed by atoms with E-state index < -0.39 is 0 Å². The Morgan fingerprint density at radius 1 is 0.487 bits per heavy atom. The van der Waals surface area contributed by atoms with Crippen LogP contribution in [0.1, 0.15) is 0 Å². The Balaban J connectivity index is 1.46. The monoisotopic (exact) mass is 498 g/mol. The van der Waals surface area contributed by atoms with Gasteiger partial charge in [0, 0.05) is 46.2 Å². The van der Waals surface area contributed by atoms with Crippen molar-refractivity contribution in [3.05, 3.63) is 134 Å². The van der Waals surface area contributed by atoms with E-state index in [0.29, 0.717) is 0 Å². The van der Waals surface area contributed by atoms with Crippen LogP contribution in [-0.4, -0.2) is 9.97 Å². The number of hydrogen-bond donors (Lipinski definition) is 0. The lowest BCUT2D eigenvalue weighted by molar-refractivity contribution is 0.494. The maximum absolute atomic E-state index is 6.69. The van der Waals surface area contributed by atoms with Crippen LogP contribution in [0.3, 0.4) is 0 Å². The molecule has 0 N–H and O–H groups in total. The minimum atomic E-state index is 0.758. The zero-order valence-corrected chi connectivity index (χ0v) is 21.0. The molecule has 0 saturated carbocycles. The number of hydrogen-bond acceptors (Lipinski definition) is 3. The summed E-state index contributed by atoms with van der Waals surface area (Å²) in [5.74, 6) is 1.58. The van der Waals surface area contributed by atoms with Crippen molar-refractivity contribution in [2.45, 2.75) is 0 Å². The molecule has 0 aliphatic heterocycles. The minimum Gasteiger partial charge on any atom is -0.456 e. The van der Waals surface area contributed by atoms with Gasteiger partial charge < -0.3 is 4.74 Å². The maximum atomic E-state index is 6.69. The van der Waals surface area contributed by atoms with E-state index in [-0.39, 0.29) is 0 Å². The lowest BCUT2D eigenvalue weighted by atomic mass is 9.87. The van der Waals surface area contributed by atoms with Crippen molar-refractivity contribution in [3.63, 3.8) is 0 Å². The molecule has 8 aromatic rings. The molecule has 0 radical (unpaired) electrons. The SMILES string of the molecule is c1cnc2cc(Oc3c4ccccc4c(-c4cc5ccccc5c5ccccc45)c4cnccc34)ccc2c1. The molecule has 0 fully saturated rings. The van der Waals surface area contributed by atoms with Gasteiger partial charge in [0.05, 0.1) is 5.52 Å². The molecule has 182 valence electrons. The zero-order chi connectivity index (χ0) is 25.8. The molecule has 0 spiro atoms. The van der Waals surface area contributed by atoms with E-state index in [2.05, 4.69) is 107 Å². The molecule has 0 saturated heterocycles. The Kier molecular flexibility index (Phi) is 4.82. The fraction of sp³-hybridized carbons (Fsp3) is 0. The van der Waals surface area contributed by atoms with Crippen LogP contribution in [-0.2, 0) is 0 Å². The van der Waals surface area contributed by atoms with E-state index in [1.165, 1.54) is 32.7 Å². The Morgan fingerprint density at radius 3 is 2.10 bits per heavy atom. The summed E-state index contributed by atoms with van der Waals surface area (Å²) in [5, 5.41) is 10.3. The lowest BCUT2D eigenvalue weighted by Gasteiger charge is -2.19. The summed E-state index contributed by atoms with van der Waals surface area (Å²) >= 11 is 0. The van der Waals surface area contributed by atoms with Crippen molar-refractivity contribution >= 4 is 54.0 Å². The molecule has 0 atom stereocenters. The average molecular weight is 499 g/mol. The van der Waals surface area contributed by atoms with Gasteiger partial charge in [0.2, 0.25) is 0 Å². The fourth-order valence-corrected chi connectivity index (χ4v) is 5.87. The van der Waals surface area contributed by atoms with Crippen molar-refractivity contribution in [3.8, 4) is 22.6 Å². The molecule has 39 heavy (non-hydrogen) atoms. The Morgan fingerprint density at radius 2 is 1.21 bits per heavy atom. The molecule has 0 unspecified atom stereocenters. The van der Waals surface area contributed by atoms with E-state index in [0.717, 1.165) is 43.9 Å². The van der Waals surface area contributed by atoms with E-state index in [4.69, 9.17) is 4.74 Å². The second-order valence-corrected chi connectivity index (χ2v) is 9.82. The average Bonchev–Trinajstić information content (AvgIpc) is 3.01. The molecule has 0 aliphatic carbocycles. The van der Waals surface area contributed by atoms with Crippen molar-refractivity contribution in [2.75, 3.05) is 0 Å². The smallest absolute Gasteiger partial charge is 0.143 e. The third-order valence-corrected chi connectivity index (χ3v) is 7.61. The van der Waals surface area contributed by atoms with E-state index in [1.54, 1.807) is 0 Å². The molecule has 0 bridgehead atoms. The first-order chi connectivity index (χ1) is 19.3. The minimum absolute atomic E-state index is 0.758. The second-order valence-electron chi connectivity index (χ2n) is 9.82. The third-order valence-electron chi connectivity index (χ3n) is 7.61. The van der Waals surface area contributed by atoms with Crippen LogP contribution in [0.25, 0.3) is 65.1 Å². The highest BCUT2D eigenvalue weighted by molar-refractivity contribution is 6.23. The van der Waals surface area contributed by atoms with Crippen molar-refractivity contribution in [1.82, 2.24) is 9.97 Å². The number of rotatable bonds is 3. The van der Waals surface area contributed by atoms with Crippen LogP contribution in [0.15, 0.2) is 134 Å². The summed E-state index contributed by atoms with van der Waals surface area (Å²) in [7, 11) is 0. The highest BCUT2D eigenvalue weighted by Crippen LogP contribution is 2.47. The van der Waals surface area contributed by atoms with E-state index in [9.17, 15) is 0 Å². The number of benzene rings is 6. The maximum Gasteiger partial charge on any atom is 0.143 e. The summed E-state index contributed by atoms with van der Waals surface area (Å²) in [6, 6.07) is 40.3. The molecular formula is C36H22N2O. The van der Waals surface area contributed by atoms with Gasteiger partial charge in [-0.25, -0.2) is 0 Å². The summed E-state index contributed by atoms with van der Waals surface area (Å²) < 4.78 is 6.69. The van der Waals surface area contributed by atoms with E-state index in [1.807, 2.05) is 36.8 Å². The van der Waals surface area contributed by atoms with E-state index >= 15 is 0 Å². The van der Waals surface area contributed by atoms with Crippen molar-refractivity contribution in [1.29, 1.82) is 0 Å². The predicted molar refractivity (Wildman–Crippen MR) is 162 cm³/mol. The Bertz CT molecular complexity index is 2160. The lowest BCUT2D eigenvalue weighted by Crippen LogP contribution is -1.94. The fourth-order valence-electron chi connectivity index (χ4n) is 5.87. The first kappa shape index (κ1) is 21.8. The summed E-state index contributed by atoms with van der Waals surface area (Å²) in [5.41, 5.74) is 3.27. The van der Waals surface area contributed by atoms with Crippen LogP contribution in [0.5, 0.6) is 11.5 Å². The highest BCUT2D eigenvalue weighted by Gasteiger charge is 2.19. The number of fused-ring (bicyclic) bond motifs is 6. The topological polar surface area (TPSA) is 35.0 Å². The molecule has 2 heterocycles. The van der Waals surface area contributed by atoms with Gasteiger partial charge in [-0.1, -0.05) is 78.9 Å². The first-order valence-corrected chi connectivity index (χ1v) is 13.1. The molecule has 2 aromatic heterocycles. The number of pyridine rings is 2. The van der Waals surface area contributed by atoms with Crippen LogP contribution >= 0.6 is 0 Å². The highest BCUT2D eigenvalue weighted by atomic mass is 16.5. The standard InChI is InChI=1S/C36H22N2O/c1-2-10-26-24(8-1)20-32(28-12-4-3-11-27(26)28)35-29-13-5-6-14-30(29)36(31-17-19-37-22-33(31)35)39-25-16-15-23-9-7-18-38-34(23)21-25/h1-22H. The normalized spacial score (nSPS) is 11.6. The molecule has 8 rings (SSSR count). The molecular weight excluding hydrogens is 476 g/mol. The summed E-state index contributed by atoms with van der Waals surface area (Å²) in [4.78, 5) is 9.10. The van der Waals surface area contributed by atoms with Gasteiger partial charge in [0.1, 0.15) is 11.5 Å². The summed E-state index contributed by atoms with van der Waals surface area (Å²) in [6.45, 7) is 0. The number of nitrogens with zero attached hydrogens (tertiary/aromatic N) is 2. The largest absolute Gasteiger partial charge is 0.456 e. The van der Waals surface area contributed by atoms with Gasteiger partial charge in [-0.3, -0.25) is 9.97 Å². The van der Waals surface area contributed by atoms with Gasteiger partial charge in [-0.15, -0.1) is 0 Å². The van der Waals surface area contributed by atoms with Crippen LogP contribution in [0, 0.1) is 0 Å². The number of aromatic nitrogens is 2. The molecule has 6 aromatic carbocycles. The molecule has 0 amide bonds. The van der Waals surface area contributed by atoms with Gasteiger partial charge in [0.15, 0.2) is 0 Å². The quantitative estimate of drug-likeness (QED) is 0.180. The third kappa shape index (κ3) is 3.44. The number of ether oxygens (including phenoxy) is 1. The van der Waals surface area contributed by atoms with Crippen LogP contribution < -0.4 is 4.74 Å². The molecule has 0 aliphatic rings. The van der Waals surface area contributed by atoms with Gasteiger partial charge in [-0.2, -0.15) is 0 Å². The van der Waals surface area contributed by atoms with Crippen molar-refractivity contribution in [2.24, 2.45) is 0 Å². The van der Waals surface area contributed by atoms with Crippen LogP contribution in [0.2, 0.25) is 0 Å². The zero-order valence-electron chi connectivity index (χ0n) is 21.0. The summed E-state index contributed by atoms with van der Waals surface area (Å²) in [6.07, 6.45) is 5.62. The molecule has 3 nitrogen and oxygen atoms in total. The predicted octanol–water partition coefficient (Wildman–Crippen LogP) is 9.70. The van der Waals surface area contributed by atoms with Gasteiger partial charge in [0.25, 0.3) is 0 Å². The molecule has 3 heteroatoms. The Labute approximate surface area is 225 Å². The van der Waals surface area contributed by atoms with Gasteiger partial charge >= 0.3 is 0 Å². The van der Waals surface area contributed by atoms with Gasteiger partial charge in [-0.05, 0) is 68.4 Å². The Hall–Kier alpha value is -5.28. The van der Waals surface area contributed by atoms with Crippen LogP contribution in [0.4, 0.5) is 0 Å². The van der Waals surface area contributed by atoms with Crippen molar-refractivity contribution < 1.29 is 4.74 Å². The first-order valence-electron chi connectivity index (χ1n) is 13.1.